The molecule has 1 N–H and O–H groups in total. The summed E-state index contributed by atoms with van der Waals surface area (Å²) in [5.74, 6) is 0. The van der Waals surface area contributed by atoms with E-state index >= 15 is 0 Å². The number of nitrogens with zero attached hydrogens (tertiary/aromatic N) is 1. The first-order chi connectivity index (χ1) is 5.36. The van der Waals surface area contributed by atoms with Crippen molar-refractivity contribution < 1.29 is 9.67 Å². The summed E-state index contributed by atoms with van der Waals surface area (Å²) in [5, 5.41) is 8.67. The van der Waals surface area contributed by atoms with Gasteiger partial charge in [0, 0.05) is 24.7 Å². The predicted molar refractivity (Wildman–Crippen MR) is 43.1 cm³/mol. The summed E-state index contributed by atoms with van der Waals surface area (Å²) >= 11 is 0. The molecule has 1 rings (SSSR count). The van der Waals surface area contributed by atoms with Gasteiger partial charge in [-0.25, -0.2) is 4.57 Å². The Bertz CT molecular complexity index is 223. The first-order valence-corrected chi connectivity index (χ1v) is 3.95. The van der Waals surface area contributed by atoms with Crippen molar-refractivity contribution in [3.63, 3.8) is 0 Å². The highest BCUT2D eigenvalue weighted by molar-refractivity contribution is 5.05. The number of hydrogen-bond donors (Lipinski definition) is 1. The summed E-state index contributed by atoms with van der Waals surface area (Å²) in [5.41, 5.74) is 1.19. The third kappa shape index (κ3) is 2.31. The van der Waals surface area contributed by atoms with E-state index in [0.717, 1.165) is 13.0 Å². The van der Waals surface area contributed by atoms with Crippen LogP contribution in [0.4, 0.5) is 0 Å². The van der Waals surface area contributed by atoms with E-state index in [0.29, 0.717) is 0 Å². The summed E-state index contributed by atoms with van der Waals surface area (Å²) in [7, 11) is 0. The van der Waals surface area contributed by atoms with Crippen molar-refractivity contribution in [3.8, 4) is 0 Å². The number of aromatic nitrogens is 1. The van der Waals surface area contributed by atoms with Gasteiger partial charge in [0.05, 0.1) is 0 Å². The minimum Gasteiger partial charge on any atom is -0.396 e. The molecule has 0 aromatic carbocycles. The van der Waals surface area contributed by atoms with Gasteiger partial charge < -0.3 is 5.11 Å². The van der Waals surface area contributed by atoms with Crippen LogP contribution < -0.4 is 4.57 Å². The van der Waals surface area contributed by atoms with Crippen LogP contribution in [0.2, 0.25) is 0 Å². The summed E-state index contributed by atoms with van der Waals surface area (Å²) in [6, 6.07) is 4.04. The lowest BCUT2D eigenvalue weighted by molar-refractivity contribution is -0.694. The zero-order valence-electron chi connectivity index (χ0n) is 6.83. The zero-order chi connectivity index (χ0) is 8.10. The molecule has 0 unspecified atom stereocenters. The van der Waals surface area contributed by atoms with Crippen LogP contribution in [0.25, 0.3) is 0 Å². The molecule has 0 fully saturated rings. The maximum absolute atomic E-state index is 8.67. The molecule has 0 atom stereocenters. The van der Waals surface area contributed by atoms with Gasteiger partial charge in [-0.05, 0) is 13.0 Å². The van der Waals surface area contributed by atoms with E-state index in [4.69, 9.17) is 5.11 Å². The maximum atomic E-state index is 8.67. The van der Waals surface area contributed by atoms with Gasteiger partial charge in [0.2, 0.25) is 0 Å². The first kappa shape index (κ1) is 8.21. The number of pyridine rings is 1. The standard InChI is InChI=1S/C9H14NO/c1-2-10-6-3-4-9(8-10)5-7-11/h3-4,6,8,11H,2,5,7H2,1H3/q+1. The van der Waals surface area contributed by atoms with Crippen molar-refractivity contribution in [2.45, 2.75) is 19.9 Å². The molecule has 0 amide bonds. The van der Waals surface area contributed by atoms with Crippen LogP contribution in [0.5, 0.6) is 0 Å². The minimum atomic E-state index is 0.230. The highest BCUT2D eigenvalue weighted by atomic mass is 16.2. The molecule has 0 radical (unpaired) electrons. The Morgan fingerprint density at radius 1 is 1.55 bits per heavy atom. The van der Waals surface area contributed by atoms with Crippen LogP contribution in [-0.4, -0.2) is 11.7 Å². The van der Waals surface area contributed by atoms with E-state index in [9.17, 15) is 0 Å². The summed E-state index contributed by atoms with van der Waals surface area (Å²) in [6.07, 6.45) is 4.85. The molecule has 0 spiro atoms. The van der Waals surface area contributed by atoms with Crippen LogP contribution in [0, 0.1) is 0 Å². The highest BCUT2D eigenvalue weighted by Gasteiger charge is 1.97. The predicted octanol–water partition coefficient (Wildman–Crippen LogP) is 0.529. The van der Waals surface area contributed by atoms with Crippen molar-refractivity contribution >= 4 is 0 Å². The Morgan fingerprint density at radius 3 is 3.00 bits per heavy atom. The largest absolute Gasteiger partial charge is 0.396 e. The lowest BCUT2D eigenvalue weighted by Gasteiger charge is -1.95. The number of hydrogen-bond acceptors (Lipinski definition) is 1. The van der Waals surface area contributed by atoms with E-state index in [2.05, 4.69) is 17.7 Å². The molecular weight excluding hydrogens is 138 g/mol. The fraction of sp³-hybridized carbons (Fsp3) is 0.444. The highest BCUT2D eigenvalue weighted by Crippen LogP contribution is 1.94. The number of aryl methyl sites for hydroxylation is 1. The molecule has 0 saturated heterocycles. The molecular formula is C9H14NO+. The molecule has 0 saturated carbocycles. The number of rotatable bonds is 3. The van der Waals surface area contributed by atoms with Crippen LogP contribution in [-0.2, 0) is 13.0 Å². The first-order valence-electron chi connectivity index (χ1n) is 3.95. The molecule has 2 nitrogen and oxygen atoms in total. The number of aliphatic hydroxyl groups excluding tert-OH is 1. The monoisotopic (exact) mass is 152 g/mol. The summed E-state index contributed by atoms with van der Waals surface area (Å²) in [4.78, 5) is 0. The van der Waals surface area contributed by atoms with Gasteiger partial charge in [0.25, 0.3) is 0 Å². The van der Waals surface area contributed by atoms with E-state index < -0.39 is 0 Å². The third-order valence-electron chi connectivity index (χ3n) is 1.69. The average Bonchev–Trinajstić information content (AvgIpc) is 2.06. The van der Waals surface area contributed by atoms with Crippen molar-refractivity contribution in [2.24, 2.45) is 0 Å². The van der Waals surface area contributed by atoms with Gasteiger partial charge in [0.15, 0.2) is 12.4 Å². The Labute approximate surface area is 67.1 Å². The second kappa shape index (κ2) is 4.09. The van der Waals surface area contributed by atoms with Crippen molar-refractivity contribution in [2.75, 3.05) is 6.61 Å². The van der Waals surface area contributed by atoms with Gasteiger partial charge in [-0.1, -0.05) is 0 Å². The minimum absolute atomic E-state index is 0.230. The molecule has 60 valence electrons. The Hall–Kier alpha value is -0.890. The zero-order valence-corrected chi connectivity index (χ0v) is 6.83. The topological polar surface area (TPSA) is 24.1 Å². The Kier molecular flexibility index (Phi) is 3.05. The van der Waals surface area contributed by atoms with Crippen LogP contribution in [0.1, 0.15) is 12.5 Å². The SMILES string of the molecule is CC[n+]1cccc(CCO)c1. The summed E-state index contributed by atoms with van der Waals surface area (Å²) < 4.78 is 2.10. The maximum Gasteiger partial charge on any atom is 0.172 e. The Morgan fingerprint density at radius 2 is 2.36 bits per heavy atom. The van der Waals surface area contributed by atoms with Crippen LogP contribution in [0.15, 0.2) is 24.5 Å². The average molecular weight is 152 g/mol. The van der Waals surface area contributed by atoms with Crippen LogP contribution >= 0.6 is 0 Å². The second-order valence-corrected chi connectivity index (χ2v) is 2.52. The molecule has 0 aliphatic rings. The lowest BCUT2D eigenvalue weighted by atomic mass is 10.2. The van der Waals surface area contributed by atoms with E-state index in [1.165, 1.54) is 5.56 Å². The fourth-order valence-corrected chi connectivity index (χ4v) is 1.05. The van der Waals surface area contributed by atoms with Gasteiger partial charge in [-0.2, -0.15) is 0 Å². The lowest BCUT2D eigenvalue weighted by Crippen LogP contribution is -2.31. The quantitative estimate of drug-likeness (QED) is 0.628. The van der Waals surface area contributed by atoms with E-state index in [-0.39, 0.29) is 6.61 Å². The van der Waals surface area contributed by atoms with Gasteiger partial charge in [-0.15, -0.1) is 0 Å². The van der Waals surface area contributed by atoms with Gasteiger partial charge >= 0.3 is 0 Å². The van der Waals surface area contributed by atoms with E-state index in [1.807, 2.05) is 18.3 Å². The second-order valence-electron chi connectivity index (χ2n) is 2.52. The third-order valence-corrected chi connectivity index (χ3v) is 1.69. The van der Waals surface area contributed by atoms with E-state index in [1.54, 1.807) is 0 Å². The number of aliphatic hydroxyl groups is 1. The molecule has 1 aromatic heterocycles. The van der Waals surface area contributed by atoms with Crippen molar-refractivity contribution in [1.82, 2.24) is 0 Å². The molecule has 11 heavy (non-hydrogen) atoms. The normalized spacial score (nSPS) is 10.0. The Balaban J connectivity index is 2.74. The van der Waals surface area contributed by atoms with Crippen molar-refractivity contribution in [3.05, 3.63) is 30.1 Å². The fourth-order valence-electron chi connectivity index (χ4n) is 1.05. The molecule has 2 heteroatoms. The molecule has 0 aliphatic heterocycles. The molecule has 1 heterocycles. The summed E-state index contributed by atoms with van der Waals surface area (Å²) in [6.45, 7) is 3.32. The van der Waals surface area contributed by atoms with Gasteiger partial charge in [-0.3, -0.25) is 0 Å². The smallest absolute Gasteiger partial charge is 0.172 e. The van der Waals surface area contributed by atoms with Gasteiger partial charge in [0.1, 0.15) is 6.54 Å². The molecule has 0 bridgehead atoms. The molecule has 0 aliphatic carbocycles. The van der Waals surface area contributed by atoms with Crippen LogP contribution in [0.3, 0.4) is 0 Å². The molecule has 1 aromatic rings. The van der Waals surface area contributed by atoms with Crippen molar-refractivity contribution in [1.29, 1.82) is 0 Å².